The lowest BCUT2D eigenvalue weighted by Gasteiger charge is -2.23. The fourth-order valence-electron chi connectivity index (χ4n) is 1.97. The average Bonchev–Trinajstić information content (AvgIpc) is 2.45. The molecule has 2 rings (SSSR count). The minimum atomic E-state index is -0.596. The van der Waals surface area contributed by atoms with Crippen LogP contribution in [0.5, 0.6) is 5.75 Å². The monoisotopic (exact) mass is 304 g/mol. The molecular formula is C16H14ClFN2O. The summed E-state index contributed by atoms with van der Waals surface area (Å²) in [5, 5.41) is 9.30. The minimum Gasteiger partial charge on any atom is -0.481 e. The molecule has 0 heterocycles. The van der Waals surface area contributed by atoms with Crippen LogP contribution >= 0.6 is 11.6 Å². The minimum absolute atomic E-state index is 0.0521. The highest BCUT2D eigenvalue weighted by Gasteiger charge is 2.20. The van der Waals surface area contributed by atoms with Gasteiger partial charge in [-0.15, -0.1) is 0 Å². The Morgan fingerprint density at radius 1 is 1.29 bits per heavy atom. The van der Waals surface area contributed by atoms with Crippen LogP contribution in [-0.4, -0.2) is 6.04 Å². The molecule has 0 aliphatic heterocycles. The van der Waals surface area contributed by atoms with Gasteiger partial charge in [-0.05, 0) is 42.8 Å². The van der Waals surface area contributed by atoms with Crippen molar-refractivity contribution in [1.29, 1.82) is 5.26 Å². The van der Waals surface area contributed by atoms with Gasteiger partial charge in [-0.1, -0.05) is 23.7 Å². The van der Waals surface area contributed by atoms with Gasteiger partial charge in [0.2, 0.25) is 0 Å². The van der Waals surface area contributed by atoms with Crippen molar-refractivity contribution in [3.05, 3.63) is 64.4 Å². The Balaban J connectivity index is 2.31. The molecule has 5 heteroatoms. The van der Waals surface area contributed by atoms with E-state index in [9.17, 15) is 4.39 Å². The Kier molecular flexibility index (Phi) is 4.79. The summed E-state index contributed by atoms with van der Waals surface area (Å²) in [6, 6.07) is 12.6. The van der Waals surface area contributed by atoms with Crippen LogP contribution in [0, 0.1) is 17.1 Å². The third-order valence-corrected chi connectivity index (χ3v) is 3.20. The highest BCUT2D eigenvalue weighted by molar-refractivity contribution is 6.30. The summed E-state index contributed by atoms with van der Waals surface area (Å²) in [4.78, 5) is 0. The van der Waals surface area contributed by atoms with Crippen LogP contribution in [0.1, 0.15) is 24.2 Å². The van der Waals surface area contributed by atoms with Crippen molar-refractivity contribution >= 4 is 11.6 Å². The molecule has 21 heavy (non-hydrogen) atoms. The number of ether oxygens (including phenoxy) is 1. The molecule has 0 saturated carbocycles. The molecule has 3 nitrogen and oxygen atoms in total. The molecule has 0 aromatic heterocycles. The van der Waals surface area contributed by atoms with E-state index in [0.29, 0.717) is 5.02 Å². The lowest BCUT2D eigenvalue weighted by molar-refractivity contribution is 0.172. The standard InChI is InChI=1S/C16H14ClFN2O/c1-10(20)16(12-3-2-4-13(17)8-12)21-15-6-5-11(9-19)7-14(15)18/h2-8,10,16H,20H2,1H3. The maximum atomic E-state index is 13.9. The molecule has 108 valence electrons. The van der Waals surface area contributed by atoms with Crippen LogP contribution in [0.2, 0.25) is 5.02 Å². The second kappa shape index (κ2) is 6.57. The number of nitrogens with zero attached hydrogens (tertiary/aromatic N) is 1. The third-order valence-electron chi connectivity index (χ3n) is 2.97. The van der Waals surface area contributed by atoms with Gasteiger partial charge in [0.25, 0.3) is 0 Å². The third kappa shape index (κ3) is 3.72. The van der Waals surface area contributed by atoms with Gasteiger partial charge < -0.3 is 10.5 Å². The van der Waals surface area contributed by atoms with E-state index in [2.05, 4.69) is 0 Å². The molecule has 0 aliphatic rings. The van der Waals surface area contributed by atoms with E-state index < -0.39 is 11.9 Å². The zero-order valence-electron chi connectivity index (χ0n) is 11.4. The first-order valence-corrected chi connectivity index (χ1v) is 6.76. The van der Waals surface area contributed by atoms with Crippen molar-refractivity contribution in [2.45, 2.75) is 19.1 Å². The van der Waals surface area contributed by atoms with E-state index in [-0.39, 0.29) is 17.4 Å². The van der Waals surface area contributed by atoms with Gasteiger partial charge >= 0.3 is 0 Å². The summed E-state index contributed by atoms with van der Waals surface area (Å²) in [6.45, 7) is 1.77. The second-order valence-corrected chi connectivity index (χ2v) is 5.15. The summed E-state index contributed by atoms with van der Waals surface area (Å²) < 4.78 is 19.6. The van der Waals surface area contributed by atoms with Crippen molar-refractivity contribution in [1.82, 2.24) is 0 Å². The molecule has 0 bridgehead atoms. The van der Waals surface area contributed by atoms with Crippen LogP contribution in [-0.2, 0) is 0 Å². The van der Waals surface area contributed by atoms with Crippen LogP contribution in [0.15, 0.2) is 42.5 Å². The van der Waals surface area contributed by atoms with Crippen molar-refractivity contribution in [2.24, 2.45) is 5.73 Å². The highest BCUT2D eigenvalue weighted by Crippen LogP contribution is 2.28. The van der Waals surface area contributed by atoms with Gasteiger partial charge in [0.15, 0.2) is 11.6 Å². The molecule has 2 atom stereocenters. The summed E-state index contributed by atoms with van der Waals surface area (Å²) in [6.07, 6.45) is -0.536. The topological polar surface area (TPSA) is 59.0 Å². The van der Waals surface area contributed by atoms with Crippen LogP contribution in [0.4, 0.5) is 4.39 Å². The number of benzene rings is 2. The number of nitrogens with two attached hydrogens (primary N) is 1. The van der Waals surface area contributed by atoms with E-state index in [1.54, 1.807) is 25.1 Å². The quantitative estimate of drug-likeness (QED) is 0.934. The SMILES string of the molecule is CC(N)C(Oc1ccc(C#N)cc1F)c1cccc(Cl)c1. The normalized spacial score (nSPS) is 13.3. The van der Waals surface area contributed by atoms with E-state index in [1.165, 1.54) is 12.1 Å². The molecule has 0 saturated heterocycles. The molecule has 0 spiro atoms. The van der Waals surface area contributed by atoms with Gasteiger partial charge in [-0.2, -0.15) is 5.26 Å². The summed E-state index contributed by atoms with van der Waals surface area (Å²) in [5.41, 5.74) is 6.93. The maximum Gasteiger partial charge on any atom is 0.166 e. The highest BCUT2D eigenvalue weighted by atomic mass is 35.5. The number of rotatable bonds is 4. The van der Waals surface area contributed by atoms with Gasteiger partial charge in [-0.25, -0.2) is 4.39 Å². The lowest BCUT2D eigenvalue weighted by atomic mass is 10.0. The second-order valence-electron chi connectivity index (χ2n) is 4.71. The summed E-state index contributed by atoms with van der Waals surface area (Å²) in [7, 11) is 0. The number of hydrogen-bond acceptors (Lipinski definition) is 3. The average molecular weight is 305 g/mol. The molecule has 0 aliphatic carbocycles. The largest absolute Gasteiger partial charge is 0.481 e. The van der Waals surface area contributed by atoms with Crippen molar-refractivity contribution < 1.29 is 9.13 Å². The first-order chi connectivity index (χ1) is 10.0. The van der Waals surface area contributed by atoms with Gasteiger partial charge in [0.1, 0.15) is 6.10 Å². The zero-order chi connectivity index (χ0) is 15.4. The summed E-state index contributed by atoms with van der Waals surface area (Å²) in [5.74, 6) is -0.544. The predicted molar refractivity (Wildman–Crippen MR) is 79.6 cm³/mol. The number of halogens is 2. The molecular weight excluding hydrogens is 291 g/mol. The molecule has 0 amide bonds. The van der Waals surface area contributed by atoms with Crippen LogP contribution in [0.3, 0.4) is 0 Å². The first-order valence-electron chi connectivity index (χ1n) is 6.38. The fraction of sp³-hybridized carbons (Fsp3) is 0.188. The van der Waals surface area contributed by atoms with Crippen LogP contribution < -0.4 is 10.5 Å². The van der Waals surface area contributed by atoms with Crippen LogP contribution in [0.25, 0.3) is 0 Å². The van der Waals surface area contributed by atoms with Gasteiger partial charge in [0, 0.05) is 11.1 Å². The molecule has 2 N–H and O–H groups in total. The number of hydrogen-bond donors (Lipinski definition) is 1. The Morgan fingerprint density at radius 3 is 2.62 bits per heavy atom. The van der Waals surface area contributed by atoms with Crippen molar-refractivity contribution in [3.63, 3.8) is 0 Å². The van der Waals surface area contributed by atoms with Gasteiger partial charge in [0.05, 0.1) is 11.6 Å². The lowest BCUT2D eigenvalue weighted by Crippen LogP contribution is -2.29. The molecule has 0 radical (unpaired) electrons. The Morgan fingerprint density at radius 2 is 2.05 bits per heavy atom. The Bertz CT molecular complexity index is 682. The predicted octanol–water partition coefficient (Wildman–Crippen LogP) is 3.82. The molecule has 2 aromatic rings. The van der Waals surface area contributed by atoms with E-state index >= 15 is 0 Å². The summed E-state index contributed by atoms with van der Waals surface area (Å²) >= 11 is 5.96. The van der Waals surface area contributed by atoms with Crippen molar-refractivity contribution in [3.8, 4) is 11.8 Å². The fourth-order valence-corrected chi connectivity index (χ4v) is 2.16. The molecule has 2 unspecified atom stereocenters. The molecule has 0 fully saturated rings. The van der Waals surface area contributed by atoms with E-state index in [1.807, 2.05) is 12.1 Å². The Labute approximate surface area is 127 Å². The molecule has 2 aromatic carbocycles. The Hall–Kier alpha value is -2.09. The first kappa shape index (κ1) is 15.3. The smallest absolute Gasteiger partial charge is 0.166 e. The maximum absolute atomic E-state index is 13.9. The van der Waals surface area contributed by atoms with E-state index in [4.69, 9.17) is 27.3 Å². The van der Waals surface area contributed by atoms with Gasteiger partial charge in [-0.3, -0.25) is 0 Å². The van der Waals surface area contributed by atoms with Crippen molar-refractivity contribution in [2.75, 3.05) is 0 Å². The van der Waals surface area contributed by atoms with E-state index in [0.717, 1.165) is 11.6 Å². The zero-order valence-corrected chi connectivity index (χ0v) is 12.1. The number of nitriles is 1.